The maximum Gasteiger partial charge on any atom is 0.253 e. The fraction of sp³-hybridized carbons (Fsp3) is 0.643. The molecule has 0 saturated carbocycles. The Morgan fingerprint density at radius 3 is 2.50 bits per heavy atom. The minimum Gasteiger partial charge on any atom is -0.345 e. The number of carbonyl (C=O) groups is 1. The first-order chi connectivity index (χ1) is 8.84. The van der Waals surface area contributed by atoms with Crippen molar-refractivity contribution in [3.8, 4) is 0 Å². The number of hydrogen-bond acceptors (Lipinski definition) is 4. The number of aromatic nitrogens is 2. The molecule has 5 nitrogen and oxygen atoms in total. The number of nitrogens with one attached hydrogen (secondary N) is 1. The number of halogens is 1. The van der Waals surface area contributed by atoms with E-state index in [0.29, 0.717) is 24.2 Å². The Hall–Kier alpha value is -1.20. The first kappa shape index (κ1) is 18.8. The molecule has 0 aromatic carbocycles. The Kier molecular flexibility index (Phi) is 7.09. The van der Waals surface area contributed by atoms with Gasteiger partial charge in [-0.1, -0.05) is 20.8 Å². The maximum atomic E-state index is 12.4. The summed E-state index contributed by atoms with van der Waals surface area (Å²) in [6, 6.07) is 1.78. The standard InChI is InChI=1S/C14H24N4O.ClH/c1-6-12-11(7-10(4)17-18-12)13(19)16-14(5,8-15)9(2)3;/h7,9H,6,8,15H2,1-5H3,(H,16,19);1H. The molecule has 1 amide bonds. The van der Waals surface area contributed by atoms with Gasteiger partial charge >= 0.3 is 0 Å². The van der Waals surface area contributed by atoms with Gasteiger partial charge in [-0.3, -0.25) is 4.79 Å². The molecular formula is C14H25ClN4O. The van der Waals surface area contributed by atoms with Crippen LogP contribution in [0.3, 0.4) is 0 Å². The second-order valence-corrected chi connectivity index (χ2v) is 5.43. The predicted octanol–water partition coefficient (Wildman–Crippen LogP) is 1.87. The van der Waals surface area contributed by atoms with E-state index in [9.17, 15) is 4.79 Å². The number of carbonyl (C=O) groups excluding carboxylic acids is 1. The van der Waals surface area contributed by atoms with Crippen LogP contribution in [0.15, 0.2) is 6.07 Å². The number of amides is 1. The molecule has 20 heavy (non-hydrogen) atoms. The summed E-state index contributed by atoms with van der Waals surface area (Å²) in [7, 11) is 0. The molecule has 114 valence electrons. The van der Waals surface area contributed by atoms with E-state index in [1.807, 2.05) is 34.6 Å². The first-order valence-electron chi connectivity index (χ1n) is 6.69. The van der Waals surface area contributed by atoms with E-state index in [4.69, 9.17) is 5.73 Å². The van der Waals surface area contributed by atoms with Crippen LogP contribution in [0, 0.1) is 12.8 Å². The molecule has 3 N–H and O–H groups in total. The molecular weight excluding hydrogens is 276 g/mol. The second kappa shape index (κ2) is 7.55. The summed E-state index contributed by atoms with van der Waals surface area (Å²) in [5.41, 5.74) is 7.42. The summed E-state index contributed by atoms with van der Waals surface area (Å²) in [5, 5.41) is 11.1. The molecule has 1 aromatic rings. The lowest BCUT2D eigenvalue weighted by molar-refractivity contribution is 0.0881. The lowest BCUT2D eigenvalue weighted by Crippen LogP contribution is -2.55. The van der Waals surface area contributed by atoms with Crippen LogP contribution in [0.25, 0.3) is 0 Å². The van der Waals surface area contributed by atoms with Gasteiger partial charge in [0.2, 0.25) is 0 Å². The van der Waals surface area contributed by atoms with E-state index >= 15 is 0 Å². The molecule has 1 aromatic heterocycles. The van der Waals surface area contributed by atoms with Crippen molar-refractivity contribution < 1.29 is 4.79 Å². The van der Waals surface area contributed by atoms with Gasteiger partial charge < -0.3 is 11.1 Å². The molecule has 0 aliphatic rings. The SMILES string of the molecule is CCc1nnc(C)cc1C(=O)NC(C)(CN)C(C)C.Cl. The summed E-state index contributed by atoms with van der Waals surface area (Å²) in [6.07, 6.45) is 0.678. The summed E-state index contributed by atoms with van der Waals surface area (Å²) in [5.74, 6) is 0.124. The van der Waals surface area contributed by atoms with Crippen molar-refractivity contribution >= 4 is 18.3 Å². The van der Waals surface area contributed by atoms with E-state index in [0.717, 1.165) is 5.69 Å². The van der Waals surface area contributed by atoms with Crippen LogP contribution in [0.1, 0.15) is 49.4 Å². The fourth-order valence-electron chi connectivity index (χ4n) is 1.73. The van der Waals surface area contributed by atoms with Crippen LogP contribution in [-0.4, -0.2) is 28.2 Å². The number of nitrogens with zero attached hydrogens (tertiary/aromatic N) is 2. The molecule has 0 radical (unpaired) electrons. The number of rotatable bonds is 5. The number of hydrogen-bond donors (Lipinski definition) is 2. The van der Waals surface area contributed by atoms with Gasteiger partial charge in [0.05, 0.1) is 22.5 Å². The Bertz CT molecular complexity index is 464. The Morgan fingerprint density at radius 1 is 1.45 bits per heavy atom. The highest BCUT2D eigenvalue weighted by Crippen LogP contribution is 2.17. The van der Waals surface area contributed by atoms with Crippen LogP contribution in [0.5, 0.6) is 0 Å². The van der Waals surface area contributed by atoms with Crippen molar-refractivity contribution in [1.82, 2.24) is 15.5 Å². The molecule has 0 bridgehead atoms. The second-order valence-electron chi connectivity index (χ2n) is 5.43. The Labute approximate surface area is 127 Å². The minimum absolute atomic E-state index is 0. The van der Waals surface area contributed by atoms with Crippen LogP contribution in [0.4, 0.5) is 0 Å². The molecule has 1 rings (SSSR count). The van der Waals surface area contributed by atoms with E-state index < -0.39 is 5.54 Å². The Morgan fingerprint density at radius 2 is 2.05 bits per heavy atom. The fourth-order valence-corrected chi connectivity index (χ4v) is 1.73. The van der Waals surface area contributed by atoms with Crippen molar-refractivity contribution in [2.24, 2.45) is 11.7 Å². The van der Waals surface area contributed by atoms with Crippen molar-refractivity contribution in [3.05, 3.63) is 23.0 Å². The third-order valence-electron chi connectivity index (χ3n) is 3.67. The van der Waals surface area contributed by atoms with Crippen molar-refractivity contribution in [1.29, 1.82) is 0 Å². The van der Waals surface area contributed by atoms with Gasteiger partial charge in [-0.25, -0.2) is 0 Å². The van der Waals surface area contributed by atoms with Crippen LogP contribution < -0.4 is 11.1 Å². The summed E-state index contributed by atoms with van der Waals surface area (Å²) >= 11 is 0. The number of nitrogens with two attached hydrogens (primary N) is 1. The lowest BCUT2D eigenvalue weighted by atomic mass is 9.88. The van der Waals surface area contributed by atoms with Crippen molar-refractivity contribution in [2.45, 2.75) is 46.6 Å². The molecule has 1 unspecified atom stereocenters. The van der Waals surface area contributed by atoms with E-state index in [1.54, 1.807) is 6.07 Å². The van der Waals surface area contributed by atoms with Crippen LogP contribution in [0.2, 0.25) is 0 Å². The largest absolute Gasteiger partial charge is 0.345 e. The van der Waals surface area contributed by atoms with Gasteiger partial charge in [-0.05, 0) is 32.3 Å². The average molecular weight is 301 g/mol. The normalized spacial score (nSPS) is 13.6. The zero-order valence-electron chi connectivity index (χ0n) is 12.9. The van der Waals surface area contributed by atoms with Crippen molar-refractivity contribution in [3.63, 3.8) is 0 Å². The average Bonchev–Trinajstić information content (AvgIpc) is 2.38. The molecule has 0 fully saturated rings. The van der Waals surface area contributed by atoms with E-state index in [2.05, 4.69) is 15.5 Å². The molecule has 1 atom stereocenters. The zero-order valence-corrected chi connectivity index (χ0v) is 13.7. The predicted molar refractivity (Wildman–Crippen MR) is 83.2 cm³/mol. The van der Waals surface area contributed by atoms with Gasteiger partial charge in [0, 0.05) is 6.54 Å². The molecule has 0 aliphatic carbocycles. The summed E-state index contributed by atoms with van der Waals surface area (Å²) in [4.78, 5) is 12.4. The highest BCUT2D eigenvalue weighted by atomic mass is 35.5. The zero-order chi connectivity index (χ0) is 14.6. The highest BCUT2D eigenvalue weighted by Gasteiger charge is 2.29. The molecule has 0 spiro atoms. The van der Waals surface area contributed by atoms with Gasteiger partial charge in [0.1, 0.15) is 0 Å². The maximum absolute atomic E-state index is 12.4. The van der Waals surface area contributed by atoms with E-state index in [-0.39, 0.29) is 24.2 Å². The summed E-state index contributed by atoms with van der Waals surface area (Å²) < 4.78 is 0. The third-order valence-corrected chi connectivity index (χ3v) is 3.67. The van der Waals surface area contributed by atoms with Crippen LogP contribution in [-0.2, 0) is 6.42 Å². The van der Waals surface area contributed by atoms with Crippen molar-refractivity contribution in [2.75, 3.05) is 6.54 Å². The quantitative estimate of drug-likeness (QED) is 0.870. The van der Waals surface area contributed by atoms with E-state index in [1.165, 1.54) is 0 Å². The first-order valence-corrected chi connectivity index (χ1v) is 6.69. The summed E-state index contributed by atoms with van der Waals surface area (Å²) in [6.45, 7) is 10.2. The molecule has 0 saturated heterocycles. The monoisotopic (exact) mass is 300 g/mol. The number of aryl methyl sites for hydroxylation is 2. The highest BCUT2D eigenvalue weighted by molar-refractivity contribution is 5.95. The topological polar surface area (TPSA) is 80.9 Å². The molecule has 0 aliphatic heterocycles. The lowest BCUT2D eigenvalue weighted by Gasteiger charge is -2.33. The van der Waals surface area contributed by atoms with Gasteiger partial charge in [-0.15, -0.1) is 12.4 Å². The van der Waals surface area contributed by atoms with Crippen LogP contribution >= 0.6 is 12.4 Å². The third kappa shape index (κ3) is 4.15. The molecule has 1 heterocycles. The van der Waals surface area contributed by atoms with Gasteiger partial charge in [-0.2, -0.15) is 10.2 Å². The Balaban J connectivity index is 0.00000361. The minimum atomic E-state index is -0.417. The molecule has 6 heteroatoms. The van der Waals surface area contributed by atoms with Gasteiger partial charge in [0.25, 0.3) is 5.91 Å². The smallest absolute Gasteiger partial charge is 0.253 e. The van der Waals surface area contributed by atoms with Gasteiger partial charge in [0.15, 0.2) is 0 Å².